The average molecular weight is 339 g/mol. The SMILES string of the molecule is CCN1C(=O)/C(=C/c2cc([N+](=O)[O-])cc(OC)c2[O-])SC1=S. The van der Waals surface area contributed by atoms with E-state index in [1.807, 2.05) is 0 Å². The molecule has 0 spiro atoms. The van der Waals surface area contributed by atoms with Crippen LogP contribution in [0, 0.1) is 10.1 Å². The van der Waals surface area contributed by atoms with E-state index in [1.54, 1.807) is 6.92 Å². The van der Waals surface area contributed by atoms with Crippen molar-refractivity contribution in [2.75, 3.05) is 13.7 Å². The third kappa shape index (κ3) is 2.90. The van der Waals surface area contributed by atoms with E-state index in [9.17, 15) is 20.0 Å². The van der Waals surface area contributed by atoms with Crippen LogP contribution in [0.1, 0.15) is 12.5 Å². The van der Waals surface area contributed by atoms with Crippen molar-refractivity contribution in [3.05, 3.63) is 32.7 Å². The quantitative estimate of drug-likeness (QED) is 0.358. The molecule has 1 amide bonds. The van der Waals surface area contributed by atoms with Crippen LogP contribution in [0.3, 0.4) is 0 Å². The maximum absolute atomic E-state index is 12.1. The number of thiocarbonyl (C=S) groups is 1. The Kier molecular flexibility index (Phi) is 4.67. The van der Waals surface area contributed by atoms with Gasteiger partial charge in [-0.25, -0.2) is 0 Å². The zero-order valence-electron chi connectivity index (χ0n) is 11.7. The van der Waals surface area contributed by atoms with Gasteiger partial charge in [0, 0.05) is 12.6 Å². The maximum atomic E-state index is 12.1. The second kappa shape index (κ2) is 6.32. The highest BCUT2D eigenvalue weighted by Crippen LogP contribution is 2.37. The lowest BCUT2D eigenvalue weighted by Crippen LogP contribution is -2.27. The molecule has 22 heavy (non-hydrogen) atoms. The molecule has 116 valence electrons. The summed E-state index contributed by atoms with van der Waals surface area (Å²) in [5, 5.41) is 23.1. The Hall–Kier alpha value is -2.13. The molecule has 0 aliphatic carbocycles. The summed E-state index contributed by atoms with van der Waals surface area (Å²) in [5.74, 6) is -0.983. The molecule has 1 aliphatic heterocycles. The molecular weight excluding hydrogens is 328 g/mol. The summed E-state index contributed by atoms with van der Waals surface area (Å²) in [6.45, 7) is 2.20. The van der Waals surface area contributed by atoms with Crippen molar-refractivity contribution in [1.29, 1.82) is 0 Å². The molecule has 7 nitrogen and oxygen atoms in total. The zero-order valence-corrected chi connectivity index (χ0v) is 13.3. The Morgan fingerprint density at radius 3 is 2.68 bits per heavy atom. The number of carbonyl (C=O) groups excluding carboxylic acids is 1. The number of thioether (sulfide) groups is 1. The predicted molar refractivity (Wildman–Crippen MR) is 84.6 cm³/mol. The Morgan fingerprint density at radius 1 is 1.50 bits per heavy atom. The van der Waals surface area contributed by atoms with Crippen LogP contribution in [0.15, 0.2) is 17.0 Å². The molecule has 0 N–H and O–H groups in total. The number of nitro groups is 1. The van der Waals surface area contributed by atoms with Crippen molar-refractivity contribution >= 4 is 46.0 Å². The highest BCUT2D eigenvalue weighted by molar-refractivity contribution is 8.26. The number of methoxy groups -OCH3 is 1. The van der Waals surface area contributed by atoms with Gasteiger partial charge in [-0.15, -0.1) is 0 Å². The molecule has 0 unspecified atom stereocenters. The number of carbonyl (C=O) groups is 1. The van der Waals surface area contributed by atoms with Gasteiger partial charge in [0.2, 0.25) is 0 Å². The first-order valence-corrected chi connectivity index (χ1v) is 7.40. The van der Waals surface area contributed by atoms with E-state index in [4.69, 9.17) is 17.0 Å². The van der Waals surface area contributed by atoms with Crippen LogP contribution >= 0.6 is 24.0 Å². The van der Waals surface area contributed by atoms with Crippen molar-refractivity contribution in [3.8, 4) is 11.5 Å². The maximum Gasteiger partial charge on any atom is 0.273 e. The van der Waals surface area contributed by atoms with Crippen molar-refractivity contribution in [2.45, 2.75) is 6.92 Å². The fourth-order valence-corrected chi connectivity index (χ4v) is 3.26. The Bertz CT molecular complexity index is 702. The Morgan fingerprint density at radius 2 is 2.18 bits per heavy atom. The summed E-state index contributed by atoms with van der Waals surface area (Å²) < 4.78 is 5.25. The Balaban J connectivity index is 2.51. The molecule has 1 fully saturated rings. The summed E-state index contributed by atoms with van der Waals surface area (Å²) in [4.78, 5) is 24.1. The lowest BCUT2D eigenvalue weighted by Gasteiger charge is -2.15. The summed E-state index contributed by atoms with van der Waals surface area (Å²) >= 11 is 6.13. The minimum Gasteiger partial charge on any atom is -0.870 e. The summed E-state index contributed by atoms with van der Waals surface area (Å²) in [6.07, 6.45) is 1.31. The molecule has 9 heteroatoms. The second-order valence-corrected chi connectivity index (χ2v) is 5.93. The summed E-state index contributed by atoms with van der Waals surface area (Å²) in [6, 6.07) is 2.17. The lowest BCUT2D eigenvalue weighted by atomic mass is 10.1. The average Bonchev–Trinajstić information content (AvgIpc) is 2.74. The fourth-order valence-electron chi connectivity index (χ4n) is 1.89. The molecule has 1 aliphatic rings. The van der Waals surface area contributed by atoms with Gasteiger partial charge in [0.05, 0.1) is 23.0 Å². The molecule has 0 saturated carbocycles. The largest absolute Gasteiger partial charge is 0.870 e. The van der Waals surface area contributed by atoms with Crippen molar-refractivity contribution < 1.29 is 19.6 Å². The first kappa shape index (κ1) is 16.2. The van der Waals surface area contributed by atoms with Crippen LogP contribution in [0.5, 0.6) is 11.5 Å². The number of nitrogens with zero attached hydrogens (tertiary/aromatic N) is 2. The molecule has 0 atom stereocenters. The van der Waals surface area contributed by atoms with Crippen LogP contribution < -0.4 is 9.84 Å². The third-order valence-electron chi connectivity index (χ3n) is 2.98. The van der Waals surface area contributed by atoms with Crippen molar-refractivity contribution in [1.82, 2.24) is 4.90 Å². The van der Waals surface area contributed by atoms with Gasteiger partial charge in [-0.05, 0) is 18.6 Å². The van der Waals surface area contributed by atoms with Crippen molar-refractivity contribution in [3.63, 3.8) is 0 Å². The number of amides is 1. The van der Waals surface area contributed by atoms with Crippen LogP contribution in [0.2, 0.25) is 0 Å². The molecule has 0 aromatic heterocycles. The predicted octanol–water partition coefficient (Wildman–Crippen LogP) is 1.90. The van der Waals surface area contributed by atoms with Gasteiger partial charge in [-0.1, -0.05) is 29.7 Å². The molecule has 2 rings (SSSR count). The van der Waals surface area contributed by atoms with E-state index in [0.29, 0.717) is 10.9 Å². The monoisotopic (exact) mass is 339 g/mol. The molecule has 1 saturated heterocycles. The van der Waals surface area contributed by atoms with Gasteiger partial charge in [-0.3, -0.25) is 19.8 Å². The number of hydrogen-bond donors (Lipinski definition) is 0. The fraction of sp³-hybridized carbons (Fsp3) is 0.231. The van der Waals surface area contributed by atoms with Crippen LogP contribution in [0.4, 0.5) is 5.69 Å². The second-order valence-electron chi connectivity index (χ2n) is 4.25. The van der Waals surface area contributed by atoms with E-state index in [2.05, 4.69) is 0 Å². The smallest absolute Gasteiger partial charge is 0.273 e. The molecule has 1 heterocycles. The molecular formula is C13H11N2O5S2-. The third-order valence-corrected chi connectivity index (χ3v) is 4.35. The van der Waals surface area contributed by atoms with Crippen LogP contribution in [0.25, 0.3) is 6.08 Å². The highest BCUT2D eigenvalue weighted by atomic mass is 32.2. The molecule has 1 aromatic carbocycles. The molecule has 0 radical (unpaired) electrons. The summed E-state index contributed by atoms with van der Waals surface area (Å²) in [7, 11) is 1.25. The topological polar surface area (TPSA) is 95.7 Å². The van der Waals surface area contributed by atoms with E-state index >= 15 is 0 Å². The van der Waals surface area contributed by atoms with E-state index < -0.39 is 10.7 Å². The van der Waals surface area contributed by atoms with E-state index in [-0.39, 0.29) is 27.8 Å². The zero-order chi connectivity index (χ0) is 16.4. The van der Waals surface area contributed by atoms with Crippen LogP contribution in [-0.2, 0) is 4.79 Å². The minimum absolute atomic E-state index is 0.0163. The van der Waals surface area contributed by atoms with Gasteiger partial charge in [0.25, 0.3) is 11.6 Å². The number of non-ortho nitro benzene ring substituents is 1. The summed E-state index contributed by atoms with van der Waals surface area (Å²) in [5.41, 5.74) is -0.267. The number of ether oxygens (including phenoxy) is 1. The molecule has 1 aromatic rings. The van der Waals surface area contributed by atoms with Gasteiger partial charge in [-0.2, -0.15) is 0 Å². The number of rotatable bonds is 4. The number of hydrogen-bond acceptors (Lipinski definition) is 7. The number of nitro benzene ring substituents is 1. The minimum atomic E-state index is -0.628. The van der Waals surface area contributed by atoms with Gasteiger partial charge in [0.1, 0.15) is 10.1 Å². The van der Waals surface area contributed by atoms with Gasteiger partial charge in [0.15, 0.2) is 0 Å². The van der Waals surface area contributed by atoms with E-state index in [1.165, 1.54) is 18.1 Å². The standard InChI is InChI=1S/C13H12N2O5S2/c1-3-14-12(17)10(22-13(14)21)5-7-4-8(15(18)19)6-9(20-2)11(7)16/h4-6,16H,3H2,1-2H3/p-1/b10-5-. The number of benzene rings is 1. The van der Waals surface area contributed by atoms with Crippen LogP contribution in [-0.4, -0.2) is 33.7 Å². The highest BCUT2D eigenvalue weighted by Gasteiger charge is 2.30. The number of likely N-dealkylation sites (N-methyl/N-ethyl adjacent to an activating group) is 1. The first-order valence-electron chi connectivity index (χ1n) is 6.17. The normalized spacial score (nSPS) is 16.5. The van der Waals surface area contributed by atoms with Gasteiger partial charge >= 0.3 is 0 Å². The molecule has 0 bridgehead atoms. The van der Waals surface area contributed by atoms with Gasteiger partial charge < -0.3 is 9.84 Å². The van der Waals surface area contributed by atoms with E-state index in [0.717, 1.165) is 23.9 Å². The van der Waals surface area contributed by atoms with Crippen molar-refractivity contribution in [2.24, 2.45) is 0 Å². The lowest BCUT2D eigenvalue weighted by molar-refractivity contribution is -0.385. The first-order chi connectivity index (χ1) is 10.4. The Labute approximate surface area is 135 Å².